The predicted molar refractivity (Wildman–Crippen MR) is 218 cm³/mol. The van der Waals surface area contributed by atoms with Gasteiger partial charge in [0.2, 0.25) is 0 Å². The molecule has 2 heterocycles. The number of aromatic nitrogens is 1. The Hall–Kier alpha value is -6.97. The molecule has 0 spiro atoms. The monoisotopic (exact) mass is 664 g/mol. The number of furan rings is 1. The summed E-state index contributed by atoms with van der Waals surface area (Å²) in [5.41, 5.74) is 12.8. The van der Waals surface area contributed by atoms with Crippen molar-refractivity contribution in [1.82, 2.24) is 4.98 Å². The van der Waals surface area contributed by atoms with E-state index in [2.05, 4.69) is 187 Å². The van der Waals surface area contributed by atoms with E-state index in [1.807, 2.05) is 12.1 Å². The highest BCUT2D eigenvalue weighted by molar-refractivity contribution is 6.28. The average Bonchev–Trinajstić information content (AvgIpc) is 3.61. The van der Waals surface area contributed by atoms with Crippen molar-refractivity contribution in [3.05, 3.63) is 194 Å². The fourth-order valence-corrected chi connectivity index (χ4v) is 7.56. The van der Waals surface area contributed by atoms with Gasteiger partial charge in [-0.1, -0.05) is 133 Å². The number of rotatable bonds is 6. The molecular weight excluding hydrogens is 633 g/mol. The molecule has 3 nitrogen and oxygen atoms in total. The second-order valence-electron chi connectivity index (χ2n) is 13.1. The summed E-state index contributed by atoms with van der Waals surface area (Å²) in [7, 11) is 0. The van der Waals surface area contributed by atoms with E-state index < -0.39 is 0 Å². The van der Waals surface area contributed by atoms with Gasteiger partial charge in [0, 0.05) is 49.6 Å². The summed E-state index contributed by atoms with van der Waals surface area (Å²) < 4.78 is 6.32. The third-order valence-corrected chi connectivity index (χ3v) is 10.1. The Balaban J connectivity index is 1.10. The molecule has 0 unspecified atom stereocenters. The maximum absolute atomic E-state index is 6.32. The van der Waals surface area contributed by atoms with E-state index in [4.69, 9.17) is 9.40 Å². The second-order valence-corrected chi connectivity index (χ2v) is 13.1. The molecule has 0 aliphatic rings. The lowest BCUT2D eigenvalue weighted by molar-refractivity contribution is 0.669. The van der Waals surface area contributed by atoms with Crippen LogP contribution in [0.4, 0.5) is 17.1 Å². The maximum Gasteiger partial charge on any atom is 0.136 e. The lowest BCUT2D eigenvalue weighted by Crippen LogP contribution is -2.09. The summed E-state index contributed by atoms with van der Waals surface area (Å²) in [6.07, 6.45) is 0. The van der Waals surface area contributed by atoms with Gasteiger partial charge in [0.05, 0.1) is 11.2 Å². The highest BCUT2D eigenvalue weighted by Gasteiger charge is 2.18. The smallest absolute Gasteiger partial charge is 0.136 e. The minimum Gasteiger partial charge on any atom is -0.456 e. The molecule has 2 aromatic heterocycles. The minimum absolute atomic E-state index is 0.888. The minimum atomic E-state index is 0.888. The number of nitrogens with zero attached hydrogens (tertiary/aromatic N) is 2. The van der Waals surface area contributed by atoms with Crippen molar-refractivity contribution in [2.45, 2.75) is 0 Å². The van der Waals surface area contributed by atoms with Crippen LogP contribution in [0, 0.1) is 0 Å². The Morgan fingerprint density at radius 1 is 0.327 bits per heavy atom. The fraction of sp³-hybridized carbons (Fsp3) is 0. The lowest BCUT2D eigenvalue weighted by atomic mass is 9.96. The average molecular weight is 665 g/mol. The summed E-state index contributed by atoms with van der Waals surface area (Å²) in [5, 5.41) is 5.65. The van der Waals surface area contributed by atoms with Crippen molar-refractivity contribution >= 4 is 60.7 Å². The number of pyridine rings is 1. The first-order valence-corrected chi connectivity index (χ1v) is 17.6. The van der Waals surface area contributed by atoms with Crippen molar-refractivity contribution in [2.75, 3.05) is 4.90 Å². The van der Waals surface area contributed by atoms with Crippen molar-refractivity contribution in [2.24, 2.45) is 0 Å². The molecule has 8 aromatic carbocycles. The first-order chi connectivity index (χ1) is 25.8. The summed E-state index contributed by atoms with van der Waals surface area (Å²) >= 11 is 0. The zero-order valence-corrected chi connectivity index (χ0v) is 28.3. The van der Waals surface area contributed by atoms with Crippen molar-refractivity contribution < 1.29 is 4.42 Å². The van der Waals surface area contributed by atoms with Crippen LogP contribution in [0.3, 0.4) is 0 Å². The zero-order chi connectivity index (χ0) is 34.4. The molecule has 0 atom stereocenters. The van der Waals surface area contributed by atoms with E-state index in [9.17, 15) is 0 Å². The second kappa shape index (κ2) is 12.4. The van der Waals surface area contributed by atoms with Gasteiger partial charge in [0.1, 0.15) is 11.2 Å². The Kier molecular flexibility index (Phi) is 7.14. The Morgan fingerprint density at radius 3 is 1.40 bits per heavy atom. The number of fused-ring (bicyclic) bond motifs is 7. The van der Waals surface area contributed by atoms with E-state index in [1.54, 1.807) is 0 Å². The maximum atomic E-state index is 6.32. The molecule has 52 heavy (non-hydrogen) atoms. The molecule has 0 amide bonds. The van der Waals surface area contributed by atoms with Crippen molar-refractivity contribution in [1.29, 1.82) is 0 Å². The normalized spacial score (nSPS) is 11.5. The lowest BCUT2D eigenvalue weighted by Gasteiger charge is -2.26. The zero-order valence-electron chi connectivity index (χ0n) is 28.3. The van der Waals surface area contributed by atoms with Crippen LogP contribution in [-0.4, -0.2) is 4.98 Å². The molecular formula is C49H32N2O. The molecule has 0 fully saturated rings. The summed E-state index contributed by atoms with van der Waals surface area (Å²) in [6, 6.07) is 68.5. The third kappa shape index (κ3) is 5.10. The van der Waals surface area contributed by atoms with Gasteiger partial charge in [-0.15, -0.1) is 0 Å². The Labute approximate surface area is 301 Å². The molecule has 0 aliphatic carbocycles. The van der Waals surface area contributed by atoms with Crippen LogP contribution in [0.1, 0.15) is 0 Å². The molecule has 0 saturated heterocycles. The SMILES string of the molecule is c1ccc(-c2ccc(N(c3ccc(-c4ccccc4)cc3)c3ccc(-c4nc5ccccc5c5c4ccc4oc6ccccc6c45)cc3)cc2)cc1. The van der Waals surface area contributed by atoms with Gasteiger partial charge in [-0.2, -0.15) is 0 Å². The van der Waals surface area contributed by atoms with Crippen LogP contribution in [0.15, 0.2) is 199 Å². The molecule has 244 valence electrons. The largest absolute Gasteiger partial charge is 0.456 e. The predicted octanol–water partition coefficient (Wildman–Crippen LogP) is 13.8. The number of benzene rings is 8. The van der Waals surface area contributed by atoms with Crippen LogP contribution in [-0.2, 0) is 0 Å². The first-order valence-electron chi connectivity index (χ1n) is 17.6. The molecule has 0 saturated carbocycles. The fourth-order valence-electron chi connectivity index (χ4n) is 7.56. The molecule has 10 aromatic rings. The molecule has 10 rings (SSSR count). The van der Waals surface area contributed by atoms with Gasteiger partial charge in [-0.05, 0) is 82.9 Å². The van der Waals surface area contributed by atoms with E-state index in [0.29, 0.717) is 0 Å². The van der Waals surface area contributed by atoms with E-state index in [1.165, 1.54) is 27.6 Å². The highest BCUT2D eigenvalue weighted by atomic mass is 16.3. The Bertz CT molecular complexity index is 2780. The standard InChI is InChI=1S/C49H32N2O/c1-3-11-33(12-4-1)35-19-25-38(26-20-35)51(39-27-21-36(22-28-39)34-13-5-2-6-14-34)40-29-23-37(24-30-40)49-43-31-32-46-48(42-16-8-10-18-45(42)52-46)47(43)41-15-7-9-17-44(41)50-49/h1-32H. The van der Waals surface area contributed by atoms with Crippen molar-refractivity contribution in [3.8, 4) is 33.5 Å². The summed E-state index contributed by atoms with van der Waals surface area (Å²) in [5.74, 6) is 0. The molecule has 0 N–H and O–H groups in total. The van der Waals surface area contributed by atoms with E-state index in [0.717, 1.165) is 66.5 Å². The van der Waals surface area contributed by atoms with Gasteiger partial charge >= 0.3 is 0 Å². The third-order valence-electron chi connectivity index (χ3n) is 10.1. The molecule has 0 aliphatic heterocycles. The van der Waals surface area contributed by atoms with Crippen molar-refractivity contribution in [3.63, 3.8) is 0 Å². The summed E-state index contributed by atoms with van der Waals surface area (Å²) in [6.45, 7) is 0. The number of hydrogen-bond donors (Lipinski definition) is 0. The van der Waals surface area contributed by atoms with Gasteiger partial charge in [0.15, 0.2) is 0 Å². The van der Waals surface area contributed by atoms with Gasteiger partial charge in [0.25, 0.3) is 0 Å². The summed E-state index contributed by atoms with van der Waals surface area (Å²) in [4.78, 5) is 7.59. The van der Waals surface area contributed by atoms with E-state index in [-0.39, 0.29) is 0 Å². The molecule has 0 bridgehead atoms. The number of para-hydroxylation sites is 2. The first kappa shape index (κ1) is 29.9. The molecule has 3 heteroatoms. The van der Waals surface area contributed by atoms with Crippen LogP contribution < -0.4 is 4.90 Å². The number of anilines is 3. The van der Waals surface area contributed by atoms with E-state index >= 15 is 0 Å². The quantitative estimate of drug-likeness (QED) is 0.166. The van der Waals surface area contributed by atoms with Crippen LogP contribution >= 0.6 is 0 Å². The van der Waals surface area contributed by atoms with Gasteiger partial charge < -0.3 is 9.32 Å². The van der Waals surface area contributed by atoms with Gasteiger partial charge in [-0.3, -0.25) is 0 Å². The van der Waals surface area contributed by atoms with Crippen LogP contribution in [0.5, 0.6) is 0 Å². The van der Waals surface area contributed by atoms with Gasteiger partial charge in [-0.25, -0.2) is 4.98 Å². The number of hydrogen-bond acceptors (Lipinski definition) is 3. The topological polar surface area (TPSA) is 29.3 Å². The highest BCUT2D eigenvalue weighted by Crippen LogP contribution is 2.42. The molecule has 0 radical (unpaired) electrons. The Morgan fingerprint density at radius 2 is 0.808 bits per heavy atom. The van der Waals surface area contributed by atoms with Crippen LogP contribution in [0.2, 0.25) is 0 Å². The van der Waals surface area contributed by atoms with Crippen LogP contribution in [0.25, 0.3) is 77.1 Å².